The number of aliphatic hydroxyl groups excluding tert-OH is 1. The number of β-amino-alcohol motifs (C(OH)–C–C–N with tert-alkyl or cyclic N) is 1. The van der Waals surface area contributed by atoms with E-state index >= 15 is 0 Å². The van der Waals surface area contributed by atoms with Crippen LogP contribution in [-0.2, 0) is 4.79 Å². The first-order chi connectivity index (χ1) is 10.8. The first-order valence-corrected chi connectivity index (χ1v) is 9.04. The van der Waals surface area contributed by atoms with E-state index in [4.69, 9.17) is 5.11 Å². The molecule has 0 radical (unpaired) electrons. The minimum Gasteiger partial charge on any atom is -0.395 e. The van der Waals surface area contributed by atoms with Gasteiger partial charge in [-0.1, -0.05) is 6.07 Å². The molecule has 3 rings (SSSR count). The fourth-order valence-corrected chi connectivity index (χ4v) is 4.31. The van der Waals surface area contributed by atoms with Crippen molar-refractivity contribution in [3.8, 4) is 0 Å². The van der Waals surface area contributed by atoms with Crippen molar-refractivity contribution in [2.45, 2.75) is 18.9 Å². The smallest absolute Gasteiger partial charge is 0.237 e. The fraction of sp³-hybridized carbons (Fsp3) is 0.688. The van der Waals surface area contributed by atoms with E-state index in [0.717, 1.165) is 52.1 Å². The van der Waals surface area contributed by atoms with Crippen LogP contribution in [-0.4, -0.2) is 78.1 Å². The van der Waals surface area contributed by atoms with Gasteiger partial charge in [-0.15, -0.1) is 11.3 Å². The lowest BCUT2D eigenvalue weighted by molar-refractivity contribution is -0.133. The summed E-state index contributed by atoms with van der Waals surface area (Å²) in [5, 5.41) is 11.1. The lowest BCUT2D eigenvalue weighted by atomic mass is 10.2. The summed E-state index contributed by atoms with van der Waals surface area (Å²) in [5.41, 5.74) is 0. The van der Waals surface area contributed by atoms with E-state index in [1.54, 1.807) is 11.3 Å². The molecule has 5 nitrogen and oxygen atoms in total. The third kappa shape index (κ3) is 3.68. The van der Waals surface area contributed by atoms with Crippen molar-refractivity contribution in [3.63, 3.8) is 0 Å². The van der Waals surface area contributed by atoms with E-state index in [2.05, 4.69) is 32.2 Å². The van der Waals surface area contributed by atoms with Gasteiger partial charge in [0, 0.05) is 44.1 Å². The lowest BCUT2D eigenvalue weighted by Gasteiger charge is -2.35. The van der Waals surface area contributed by atoms with Crippen LogP contribution in [0.5, 0.6) is 0 Å². The van der Waals surface area contributed by atoms with Gasteiger partial charge in [0.05, 0.1) is 19.2 Å². The number of carbonyl (C=O) groups is 1. The van der Waals surface area contributed by atoms with Crippen LogP contribution in [0.25, 0.3) is 0 Å². The Hall–Kier alpha value is -0.950. The third-order valence-corrected chi connectivity index (χ3v) is 5.66. The first kappa shape index (κ1) is 15.9. The summed E-state index contributed by atoms with van der Waals surface area (Å²) in [6.45, 7) is 6.13. The molecule has 22 heavy (non-hydrogen) atoms. The average Bonchev–Trinajstić information content (AvgIpc) is 3.20. The molecule has 3 heterocycles. The number of carbonyl (C=O) groups excluding carboxylic acids is 1. The molecule has 1 unspecified atom stereocenters. The van der Waals surface area contributed by atoms with Gasteiger partial charge in [-0.3, -0.25) is 14.6 Å². The van der Waals surface area contributed by atoms with Crippen molar-refractivity contribution in [2.24, 2.45) is 0 Å². The second kappa shape index (κ2) is 7.55. The van der Waals surface area contributed by atoms with E-state index in [0.29, 0.717) is 12.6 Å². The molecule has 1 amide bonds. The Morgan fingerprint density at radius 2 is 2.00 bits per heavy atom. The second-order valence-corrected chi connectivity index (χ2v) is 7.08. The number of hydrogen-bond donors (Lipinski definition) is 1. The molecule has 0 aliphatic carbocycles. The summed E-state index contributed by atoms with van der Waals surface area (Å²) in [7, 11) is 0. The number of likely N-dealkylation sites (tertiary alicyclic amines) is 1. The molecule has 6 heteroatoms. The summed E-state index contributed by atoms with van der Waals surface area (Å²) in [5.74, 6) is 0.270. The van der Waals surface area contributed by atoms with Gasteiger partial charge in [-0.2, -0.15) is 0 Å². The monoisotopic (exact) mass is 323 g/mol. The highest BCUT2D eigenvalue weighted by Crippen LogP contribution is 2.34. The molecule has 1 aromatic heterocycles. The van der Waals surface area contributed by atoms with Crippen LogP contribution in [0.3, 0.4) is 0 Å². The van der Waals surface area contributed by atoms with Crippen molar-refractivity contribution < 1.29 is 9.90 Å². The number of aliphatic hydroxyl groups is 1. The van der Waals surface area contributed by atoms with Gasteiger partial charge in [0.25, 0.3) is 0 Å². The molecular weight excluding hydrogens is 298 g/mol. The average molecular weight is 323 g/mol. The lowest BCUT2D eigenvalue weighted by Crippen LogP contribution is -2.50. The van der Waals surface area contributed by atoms with Gasteiger partial charge in [0.15, 0.2) is 0 Å². The summed E-state index contributed by atoms with van der Waals surface area (Å²) < 4.78 is 0. The van der Waals surface area contributed by atoms with Crippen LogP contribution >= 0.6 is 11.3 Å². The predicted molar refractivity (Wildman–Crippen MR) is 88.0 cm³/mol. The molecule has 0 saturated carbocycles. The topological polar surface area (TPSA) is 47.0 Å². The second-order valence-electron chi connectivity index (χ2n) is 6.10. The van der Waals surface area contributed by atoms with E-state index in [1.807, 2.05) is 0 Å². The molecule has 2 aliphatic heterocycles. The van der Waals surface area contributed by atoms with Crippen LogP contribution < -0.4 is 0 Å². The molecule has 0 spiro atoms. The molecule has 0 aromatic carbocycles. The normalized spacial score (nSPS) is 24.0. The maximum Gasteiger partial charge on any atom is 0.237 e. The zero-order valence-electron chi connectivity index (χ0n) is 13.0. The number of amides is 1. The van der Waals surface area contributed by atoms with Crippen LogP contribution in [0.1, 0.15) is 23.8 Å². The van der Waals surface area contributed by atoms with Crippen molar-refractivity contribution in [2.75, 3.05) is 52.4 Å². The van der Waals surface area contributed by atoms with Crippen LogP contribution in [0.15, 0.2) is 17.5 Å². The van der Waals surface area contributed by atoms with Gasteiger partial charge in [0.1, 0.15) is 0 Å². The minimum atomic E-state index is 0.217. The van der Waals surface area contributed by atoms with Gasteiger partial charge < -0.3 is 10.0 Å². The predicted octanol–water partition coefficient (Wildman–Crippen LogP) is 1.02. The summed E-state index contributed by atoms with van der Waals surface area (Å²) >= 11 is 1.76. The largest absolute Gasteiger partial charge is 0.395 e. The quantitative estimate of drug-likeness (QED) is 0.879. The maximum atomic E-state index is 12.7. The summed E-state index contributed by atoms with van der Waals surface area (Å²) in [6, 6.07) is 4.51. The number of thiophene rings is 1. The molecular formula is C16H25N3O2S. The Kier molecular flexibility index (Phi) is 5.46. The third-order valence-electron chi connectivity index (χ3n) is 4.68. The van der Waals surface area contributed by atoms with Crippen molar-refractivity contribution in [3.05, 3.63) is 22.4 Å². The maximum absolute atomic E-state index is 12.7. The highest BCUT2D eigenvalue weighted by Gasteiger charge is 2.31. The highest BCUT2D eigenvalue weighted by atomic mass is 32.1. The number of nitrogens with zero attached hydrogens (tertiary/aromatic N) is 3. The fourth-order valence-electron chi connectivity index (χ4n) is 3.44. The summed E-state index contributed by atoms with van der Waals surface area (Å²) in [4.78, 5) is 20.6. The first-order valence-electron chi connectivity index (χ1n) is 8.16. The SMILES string of the molecule is O=C(CN1CCN(CCO)CC1)N1CCCC1c1cccs1. The van der Waals surface area contributed by atoms with Gasteiger partial charge >= 0.3 is 0 Å². The van der Waals surface area contributed by atoms with Crippen molar-refractivity contribution in [1.29, 1.82) is 0 Å². The summed E-state index contributed by atoms with van der Waals surface area (Å²) in [6.07, 6.45) is 2.20. The molecule has 122 valence electrons. The van der Waals surface area contributed by atoms with Gasteiger partial charge in [-0.05, 0) is 24.3 Å². The Morgan fingerprint density at radius 1 is 1.23 bits per heavy atom. The van der Waals surface area contributed by atoms with Gasteiger partial charge in [-0.25, -0.2) is 0 Å². The highest BCUT2D eigenvalue weighted by molar-refractivity contribution is 7.10. The molecule has 2 aliphatic rings. The van der Waals surface area contributed by atoms with E-state index < -0.39 is 0 Å². The van der Waals surface area contributed by atoms with E-state index in [9.17, 15) is 4.79 Å². The molecule has 2 fully saturated rings. The van der Waals surface area contributed by atoms with E-state index in [1.165, 1.54) is 4.88 Å². The van der Waals surface area contributed by atoms with Crippen LogP contribution in [0.4, 0.5) is 0 Å². The zero-order valence-corrected chi connectivity index (χ0v) is 13.8. The Balaban J connectivity index is 1.52. The number of hydrogen-bond acceptors (Lipinski definition) is 5. The van der Waals surface area contributed by atoms with Crippen molar-refractivity contribution >= 4 is 17.2 Å². The number of rotatable bonds is 5. The standard InChI is InChI=1S/C16H25N3O2S/c20-11-10-17-6-8-18(9-7-17)13-16(21)19-5-1-3-14(19)15-4-2-12-22-15/h2,4,12,14,20H,1,3,5-11,13H2. The van der Waals surface area contributed by atoms with Crippen LogP contribution in [0, 0.1) is 0 Å². The van der Waals surface area contributed by atoms with Gasteiger partial charge in [0.2, 0.25) is 5.91 Å². The Bertz CT molecular complexity index is 472. The zero-order chi connectivity index (χ0) is 15.4. The number of piperazine rings is 1. The van der Waals surface area contributed by atoms with Crippen molar-refractivity contribution in [1.82, 2.24) is 14.7 Å². The minimum absolute atomic E-state index is 0.217. The Morgan fingerprint density at radius 3 is 2.68 bits per heavy atom. The molecule has 1 aromatic rings. The molecule has 1 atom stereocenters. The molecule has 2 saturated heterocycles. The van der Waals surface area contributed by atoms with E-state index in [-0.39, 0.29) is 12.5 Å². The van der Waals surface area contributed by atoms with Crippen LogP contribution in [0.2, 0.25) is 0 Å². The molecule has 0 bridgehead atoms. The Labute approximate surface area is 136 Å². The molecule has 1 N–H and O–H groups in total.